The lowest BCUT2D eigenvalue weighted by Crippen LogP contribution is -2.28. The Morgan fingerprint density at radius 2 is 2.09 bits per heavy atom. The third kappa shape index (κ3) is 3.42. The van der Waals surface area contributed by atoms with Gasteiger partial charge in [-0.1, -0.05) is 42.5 Å². The Morgan fingerprint density at radius 1 is 1.35 bits per heavy atom. The number of aromatic nitrogens is 2. The molecule has 0 saturated carbocycles. The molecule has 3 atom stereocenters. The molecule has 0 amide bonds. The molecule has 0 radical (unpaired) electrons. The van der Waals surface area contributed by atoms with E-state index in [4.69, 9.17) is 22.1 Å². The molecule has 3 rings (SSSR count). The van der Waals surface area contributed by atoms with Gasteiger partial charge in [0.1, 0.15) is 17.0 Å². The van der Waals surface area contributed by atoms with Gasteiger partial charge in [-0.25, -0.2) is 4.79 Å². The lowest BCUT2D eigenvalue weighted by Gasteiger charge is -2.16. The SMILES string of the molecule is O=c1[nH]c(=S)c(Cc2ccccc2)cn1[C@H]1C[C@@H](O)[C@H](CO)O1. The Kier molecular flexibility index (Phi) is 4.72. The van der Waals surface area contributed by atoms with Gasteiger partial charge in [0.2, 0.25) is 0 Å². The molecular weight excluding hydrogens is 316 g/mol. The van der Waals surface area contributed by atoms with Gasteiger partial charge in [0.15, 0.2) is 0 Å². The Labute approximate surface area is 138 Å². The summed E-state index contributed by atoms with van der Waals surface area (Å²) in [5.41, 5.74) is 1.50. The number of hydrogen-bond donors (Lipinski definition) is 3. The smallest absolute Gasteiger partial charge is 0.328 e. The third-order valence-electron chi connectivity index (χ3n) is 3.97. The molecule has 23 heavy (non-hydrogen) atoms. The van der Waals surface area contributed by atoms with Crippen LogP contribution in [0.4, 0.5) is 0 Å². The largest absolute Gasteiger partial charge is 0.394 e. The molecule has 1 fully saturated rings. The standard InChI is InChI=1S/C16H18N2O4S/c19-9-13-12(20)7-14(22-13)18-8-11(15(23)17-16(18)21)6-10-4-2-1-3-5-10/h1-5,8,12-14,19-20H,6-7,9H2,(H,17,21,23)/t12-,13+,14-/m1/s1. The first-order chi connectivity index (χ1) is 11.1. The van der Waals surface area contributed by atoms with E-state index in [0.29, 0.717) is 11.1 Å². The summed E-state index contributed by atoms with van der Waals surface area (Å²) in [4.78, 5) is 14.8. The van der Waals surface area contributed by atoms with E-state index < -0.39 is 18.4 Å². The number of benzene rings is 1. The summed E-state index contributed by atoms with van der Waals surface area (Å²) in [5, 5.41) is 19.0. The van der Waals surface area contributed by atoms with Crippen molar-refractivity contribution in [2.75, 3.05) is 6.61 Å². The fraction of sp³-hybridized carbons (Fsp3) is 0.375. The quantitative estimate of drug-likeness (QED) is 0.730. The molecule has 2 heterocycles. The number of ether oxygens (including phenoxy) is 1. The van der Waals surface area contributed by atoms with Crippen molar-refractivity contribution in [2.24, 2.45) is 0 Å². The maximum absolute atomic E-state index is 12.1. The fourth-order valence-electron chi connectivity index (χ4n) is 2.73. The minimum atomic E-state index is -0.794. The zero-order valence-electron chi connectivity index (χ0n) is 12.4. The molecule has 0 spiro atoms. The maximum Gasteiger partial charge on any atom is 0.328 e. The van der Waals surface area contributed by atoms with Gasteiger partial charge in [-0.15, -0.1) is 0 Å². The van der Waals surface area contributed by atoms with Gasteiger partial charge in [-0.05, 0) is 5.56 Å². The van der Waals surface area contributed by atoms with Gasteiger partial charge in [-0.2, -0.15) is 0 Å². The van der Waals surface area contributed by atoms with Crippen molar-refractivity contribution in [3.63, 3.8) is 0 Å². The van der Waals surface area contributed by atoms with E-state index in [1.165, 1.54) is 4.57 Å². The Morgan fingerprint density at radius 3 is 2.74 bits per heavy atom. The Bertz CT molecular complexity index is 787. The van der Waals surface area contributed by atoms with Crippen LogP contribution in [0.5, 0.6) is 0 Å². The predicted molar refractivity (Wildman–Crippen MR) is 86.8 cm³/mol. The topological polar surface area (TPSA) is 87.5 Å². The van der Waals surface area contributed by atoms with E-state index in [1.807, 2.05) is 30.3 Å². The van der Waals surface area contributed by atoms with Gasteiger partial charge < -0.3 is 14.9 Å². The van der Waals surface area contributed by atoms with Crippen molar-refractivity contribution in [3.05, 3.63) is 62.8 Å². The summed E-state index contributed by atoms with van der Waals surface area (Å²) in [6.07, 6.45) is 0.433. The Hall–Kier alpha value is -1.80. The molecule has 0 unspecified atom stereocenters. The van der Waals surface area contributed by atoms with Crippen molar-refractivity contribution < 1.29 is 14.9 Å². The summed E-state index contributed by atoms with van der Waals surface area (Å²) in [6.45, 7) is -0.286. The van der Waals surface area contributed by atoms with Gasteiger partial charge >= 0.3 is 5.69 Å². The van der Waals surface area contributed by atoms with Crippen LogP contribution in [0, 0.1) is 4.64 Å². The van der Waals surface area contributed by atoms with Crippen LogP contribution in [0.1, 0.15) is 23.8 Å². The minimum absolute atomic E-state index is 0.251. The highest BCUT2D eigenvalue weighted by Crippen LogP contribution is 2.27. The molecule has 122 valence electrons. The van der Waals surface area contributed by atoms with Crippen LogP contribution in [0.15, 0.2) is 41.3 Å². The molecule has 1 aromatic carbocycles. The summed E-state index contributed by atoms with van der Waals surface area (Å²) >= 11 is 5.24. The Balaban J connectivity index is 1.92. The number of aliphatic hydroxyl groups excluding tert-OH is 2. The van der Waals surface area contributed by atoms with Crippen molar-refractivity contribution in [1.29, 1.82) is 0 Å². The second-order valence-electron chi connectivity index (χ2n) is 5.60. The molecule has 2 aromatic rings. The summed E-state index contributed by atoms with van der Waals surface area (Å²) < 4.78 is 7.34. The summed E-state index contributed by atoms with van der Waals surface area (Å²) in [7, 11) is 0. The van der Waals surface area contributed by atoms with E-state index in [2.05, 4.69) is 4.98 Å². The summed E-state index contributed by atoms with van der Waals surface area (Å²) in [6, 6.07) is 9.80. The van der Waals surface area contributed by atoms with E-state index in [9.17, 15) is 9.90 Å². The molecule has 0 aliphatic carbocycles. The highest BCUT2D eigenvalue weighted by atomic mass is 32.1. The molecule has 1 aliphatic rings. The van der Waals surface area contributed by atoms with Crippen LogP contribution in [0.3, 0.4) is 0 Å². The van der Waals surface area contributed by atoms with Crippen LogP contribution >= 0.6 is 12.2 Å². The van der Waals surface area contributed by atoms with E-state index in [0.717, 1.165) is 11.1 Å². The number of nitrogens with one attached hydrogen (secondary N) is 1. The van der Waals surface area contributed by atoms with Crippen molar-refractivity contribution in [2.45, 2.75) is 31.3 Å². The average Bonchev–Trinajstić information content (AvgIpc) is 2.91. The van der Waals surface area contributed by atoms with E-state index in [1.54, 1.807) is 6.20 Å². The maximum atomic E-state index is 12.1. The van der Waals surface area contributed by atoms with Gasteiger partial charge in [-0.3, -0.25) is 9.55 Å². The molecule has 1 saturated heterocycles. The number of nitrogens with zero attached hydrogens (tertiary/aromatic N) is 1. The van der Waals surface area contributed by atoms with E-state index >= 15 is 0 Å². The predicted octanol–water partition coefficient (Wildman–Crippen LogP) is 1.14. The first-order valence-corrected chi connectivity index (χ1v) is 7.82. The average molecular weight is 334 g/mol. The molecule has 1 aliphatic heterocycles. The van der Waals surface area contributed by atoms with Crippen molar-refractivity contribution >= 4 is 12.2 Å². The first-order valence-electron chi connectivity index (χ1n) is 7.41. The third-order valence-corrected chi connectivity index (χ3v) is 4.34. The van der Waals surface area contributed by atoms with Crippen LogP contribution in [0.25, 0.3) is 0 Å². The van der Waals surface area contributed by atoms with Crippen LogP contribution in [-0.2, 0) is 11.2 Å². The second-order valence-corrected chi connectivity index (χ2v) is 6.01. The first kappa shape index (κ1) is 16.1. The molecule has 3 N–H and O–H groups in total. The van der Waals surface area contributed by atoms with Gasteiger partial charge in [0.05, 0.1) is 12.7 Å². The van der Waals surface area contributed by atoms with Crippen molar-refractivity contribution in [1.82, 2.24) is 9.55 Å². The summed E-state index contributed by atoms with van der Waals surface area (Å²) in [5.74, 6) is 0. The van der Waals surface area contributed by atoms with E-state index in [-0.39, 0.29) is 18.7 Å². The molecule has 7 heteroatoms. The van der Waals surface area contributed by atoms with Crippen molar-refractivity contribution in [3.8, 4) is 0 Å². The minimum Gasteiger partial charge on any atom is -0.394 e. The van der Waals surface area contributed by atoms with Gasteiger partial charge in [0, 0.05) is 24.6 Å². The monoisotopic (exact) mass is 334 g/mol. The van der Waals surface area contributed by atoms with Crippen LogP contribution in [-0.4, -0.2) is 38.6 Å². The highest BCUT2D eigenvalue weighted by molar-refractivity contribution is 7.71. The number of H-pyrrole nitrogens is 1. The molecular formula is C16H18N2O4S. The zero-order chi connectivity index (χ0) is 16.4. The number of aliphatic hydroxyl groups is 2. The highest BCUT2D eigenvalue weighted by Gasteiger charge is 2.35. The second kappa shape index (κ2) is 6.76. The fourth-order valence-corrected chi connectivity index (χ4v) is 2.95. The van der Waals surface area contributed by atoms with Crippen LogP contribution < -0.4 is 5.69 Å². The number of rotatable bonds is 4. The molecule has 6 nitrogen and oxygen atoms in total. The number of hydrogen-bond acceptors (Lipinski definition) is 5. The van der Waals surface area contributed by atoms with Gasteiger partial charge in [0.25, 0.3) is 0 Å². The lowest BCUT2D eigenvalue weighted by molar-refractivity contribution is -0.0459. The molecule has 1 aromatic heterocycles. The number of aromatic amines is 1. The zero-order valence-corrected chi connectivity index (χ0v) is 13.2. The normalized spacial score (nSPS) is 24.0. The molecule has 0 bridgehead atoms. The lowest BCUT2D eigenvalue weighted by atomic mass is 10.1. The van der Waals surface area contributed by atoms with Crippen LogP contribution in [0.2, 0.25) is 0 Å².